The maximum Gasteiger partial charge on any atom is 0.443 e. The Balaban J connectivity index is 2.07. The lowest BCUT2D eigenvalue weighted by Crippen LogP contribution is -2.51. The summed E-state index contributed by atoms with van der Waals surface area (Å²) in [5.41, 5.74) is 2.62. The highest BCUT2D eigenvalue weighted by Gasteiger charge is 2.35. The van der Waals surface area contributed by atoms with Crippen LogP contribution in [-0.2, 0) is 6.18 Å². The molecule has 2 atom stereocenters. The molecule has 0 aromatic carbocycles. The summed E-state index contributed by atoms with van der Waals surface area (Å²) in [5, 5.41) is -0.827. The van der Waals surface area contributed by atoms with Gasteiger partial charge in [0.15, 0.2) is 5.01 Å². The van der Waals surface area contributed by atoms with E-state index in [9.17, 15) is 13.2 Å². The monoisotopic (exact) mass is 323 g/mol. The zero-order valence-electron chi connectivity index (χ0n) is 12.0. The summed E-state index contributed by atoms with van der Waals surface area (Å²) in [5.74, 6) is 5.54. The fraction of sp³-hybridized carbons (Fsp3) is 0.750. The van der Waals surface area contributed by atoms with Crippen LogP contribution in [0.5, 0.6) is 0 Å². The van der Waals surface area contributed by atoms with E-state index in [0.717, 1.165) is 19.6 Å². The Morgan fingerprint density at radius 2 is 2.19 bits per heavy atom. The van der Waals surface area contributed by atoms with E-state index in [1.165, 1.54) is 6.20 Å². The van der Waals surface area contributed by atoms with Gasteiger partial charge in [0.2, 0.25) is 0 Å². The van der Waals surface area contributed by atoms with Gasteiger partial charge in [0, 0.05) is 36.8 Å². The van der Waals surface area contributed by atoms with Gasteiger partial charge in [0.05, 0.1) is 6.04 Å². The van der Waals surface area contributed by atoms with Gasteiger partial charge in [0.25, 0.3) is 0 Å². The molecule has 9 heteroatoms. The molecule has 21 heavy (non-hydrogen) atoms. The molecular weight excluding hydrogens is 303 g/mol. The summed E-state index contributed by atoms with van der Waals surface area (Å²) in [6.45, 7) is 2.81. The third-order valence-corrected chi connectivity index (χ3v) is 4.95. The van der Waals surface area contributed by atoms with Crippen LogP contribution >= 0.6 is 11.3 Å². The topological polar surface area (TPSA) is 57.4 Å². The Kier molecular flexibility index (Phi) is 5.20. The number of thiazole rings is 1. The highest BCUT2D eigenvalue weighted by molar-refractivity contribution is 7.11. The summed E-state index contributed by atoms with van der Waals surface area (Å²) in [4.78, 5) is 8.41. The molecule has 120 valence electrons. The van der Waals surface area contributed by atoms with Crippen molar-refractivity contribution in [3.63, 3.8) is 0 Å². The van der Waals surface area contributed by atoms with E-state index in [-0.39, 0.29) is 12.1 Å². The van der Waals surface area contributed by atoms with Gasteiger partial charge in [-0.15, -0.1) is 11.3 Å². The minimum Gasteiger partial charge on any atom is -0.304 e. The van der Waals surface area contributed by atoms with Crippen molar-refractivity contribution in [2.24, 2.45) is 5.84 Å². The molecule has 2 rings (SSSR count). The van der Waals surface area contributed by atoms with Crippen LogP contribution in [0.2, 0.25) is 0 Å². The van der Waals surface area contributed by atoms with E-state index in [4.69, 9.17) is 5.84 Å². The molecule has 1 aromatic heterocycles. The number of piperazine rings is 1. The number of likely N-dealkylation sites (N-methyl/N-ethyl adjacent to an activating group) is 2. The van der Waals surface area contributed by atoms with Crippen LogP contribution in [0.15, 0.2) is 6.20 Å². The van der Waals surface area contributed by atoms with Crippen molar-refractivity contribution >= 4 is 11.3 Å². The van der Waals surface area contributed by atoms with Gasteiger partial charge in [-0.25, -0.2) is 4.98 Å². The molecule has 0 saturated carbocycles. The Labute approximate surface area is 125 Å². The van der Waals surface area contributed by atoms with Gasteiger partial charge < -0.3 is 9.80 Å². The normalized spacial score (nSPS) is 23.4. The van der Waals surface area contributed by atoms with Crippen LogP contribution in [0.4, 0.5) is 13.2 Å². The lowest BCUT2D eigenvalue weighted by molar-refractivity contribution is -0.137. The summed E-state index contributed by atoms with van der Waals surface area (Å²) < 4.78 is 37.9. The molecule has 1 saturated heterocycles. The number of hydrogen-bond acceptors (Lipinski definition) is 6. The first kappa shape index (κ1) is 16.6. The van der Waals surface area contributed by atoms with E-state index in [1.807, 2.05) is 14.1 Å². The fourth-order valence-electron chi connectivity index (χ4n) is 2.47. The molecule has 2 heterocycles. The minimum absolute atomic E-state index is 0.251. The predicted molar refractivity (Wildman–Crippen MR) is 75.7 cm³/mol. The summed E-state index contributed by atoms with van der Waals surface area (Å²) in [7, 11) is 4.07. The average Bonchev–Trinajstić information content (AvgIpc) is 2.89. The van der Waals surface area contributed by atoms with Crippen molar-refractivity contribution in [1.82, 2.24) is 20.2 Å². The van der Waals surface area contributed by atoms with E-state index >= 15 is 0 Å². The van der Waals surface area contributed by atoms with Crippen molar-refractivity contribution in [3.05, 3.63) is 16.1 Å². The number of hydrazine groups is 1. The predicted octanol–water partition coefficient (Wildman–Crippen LogP) is 1.30. The number of nitrogens with one attached hydrogen (secondary N) is 1. The lowest BCUT2D eigenvalue weighted by atomic mass is 10.0. The van der Waals surface area contributed by atoms with Crippen LogP contribution in [-0.4, -0.2) is 54.6 Å². The van der Waals surface area contributed by atoms with Crippen molar-refractivity contribution < 1.29 is 13.2 Å². The van der Waals surface area contributed by atoms with Gasteiger partial charge >= 0.3 is 6.18 Å². The first-order valence-corrected chi connectivity index (χ1v) is 7.50. The second-order valence-corrected chi connectivity index (χ2v) is 6.48. The van der Waals surface area contributed by atoms with E-state index < -0.39 is 11.2 Å². The Bertz CT molecular complexity index is 464. The van der Waals surface area contributed by atoms with Gasteiger partial charge in [-0.1, -0.05) is 0 Å². The molecule has 2 unspecified atom stereocenters. The number of alkyl halides is 3. The second kappa shape index (κ2) is 6.57. The minimum atomic E-state index is -4.40. The molecule has 3 N–H and O–H groups in total. The van der Waals surface area contributed by atoms with Crippen LogP contribution in [0, 0.1) is 0 Å². The van der Waals surface area contributed by atoms with Gasteiger partial charge in [0.1, 0.15) is 0 Å². The van der Waals surface area contributed by atoms with Crippen molar-refractivity contribution in [2.75, 3.05) is 33.7 Å². The smallest absolute Gasteiger partial charge is 0.304 e. The molecule has 1 aliphatic heterocycles. The van der Waals surface area contributed by atoms with Crippen LogP contribution in [0.3, 0.4) is 0 Å². The molecule has 0 radical (unpaired) electrons. The number of halogens is 3. The lowest BCUT2D eigenvalue weighted by Gasteiger charge is -2.39. The van der Waals surface area contributed by atoms with E-state index in [2.05, 4.69) is 20.2 Å². The summed E-state index contributed by atoms with van der Waals surface area (Å²) in [6, 6.07) is -0.0706. The maximum atomic E-state index is 12.6. The molecule has 0 amide bonds. The molecule has 1 aromatic rings. The quantitative estimate of drug-likeness (QED) is 0.646. The van der Waals surface area contributed by atoms with Crippen molar-refractivity contribution in [2.45, 2.75) is 24.7 Å². The largest absolute Gasteiger partial charge is 0.443 e. The number of hydrogen-bond donors (Lipinski definition) is 2. The highest BCUT2D eigenvalue weighted by atomic mass is 32.1. The molecule has 1 fully saturated rings. The molecular formula is C12H20F3N5S. The molecule has 0 aliphatic carbocycles. The zero-order valence-corrected chi connectivity index (χ0v) is 12.8. The van der Waals surface area contributed by atoms with E-state index in [0.29, 0.717) is 22.6 Å². The van der Waals surface area contributed by atoms with Crippen molar-refractivity contribution in [3.8, 4) is 0 Å². The van der Waals surface area contributed by atoms with Crippen molar-refractivity contribution in [1.29, 1.82) is 0 Å². The van der Waals surface area contributed by atoms with Crippen LogP contribution in [0.1, 0.15) is 22.3 Å². The third-order valence-electron chi connectivity index (χ3n) is 3.80. The summed E-state index contributed by atoms with van der Waals surface area (Å²) >= 11 is 0.652. The Morgan fingerprint density at radius 1 is 1.48 bits per heavy atom. The number of aromatic nitrogens is 1. The standard InChI is InChI=1S/C12H20F3N5S/c1-19-3-4-20(2)8(7-19)5-9(18-16)10-6-17-11(21-10)12(13,14)15/h6,8-9,18H,3-5,7,16H2,1-2H3. The third kappa shape index (κ3) is 4.13. The van der Waals surface area contributed by atoms with Gasteiger partial charge in [-0.3, -0.25) is 11.3 Å². The number of rotatable bonds is 4. The Hall–Kier alpha value is -0.740. The Morgan fingerprint density at radius 3 is 2.76 bits per heavy atom. The highest BCUT2D eigenvalue weighted by Crippen LogP contribution is 2.35. The summed E-state index contributed by atoms with van der Waals surface area (Å²) in [6.07, 6.45) is -2.48. The SMILES string of the molecule is CN1CCN(C)C(CC(NN)c2cnc(C(F)(F)F)s2)C1. The first-order chi connectivity index (χ1) is 9.81. The van der Waals surface area contributed by atoms with Crippen LogP contribution < -0.4 is 11.3 Å². The average molecular weight is 323 g/mol. The fourth-order valence-corrected chi connectivity index (χ4v) is 3.33. The molecule has 0 spiro atoms. The van der Waals surface area contributed by atoms with Gasteiger partial charge in [-0.2, -0.15) is 13.2 Å². The number of nitrogens with two attached hydrogens (primary N) is 1. The zero-order chi connectivity index (χ0) is 15.6. The molecule has 5 nitrogen and oxygen atoms in total. The van der Waals surface area contributed by atoms with E-state index in [1.54, 1.807) is 0 Å². The number of nitrogens with zero attached hydrogens (tertiary/aromatic N) is 3. The maximum absolute atomic E-state index is 12.6. The second-order valence-electron chi connectivity index (χ2n) is 5.42. The van der Waals surface area contributed by atoms with Crippen LogP contribution in [0.25, 0.3) is 0 Å². The van der Waals surface area contributed by atoms with Gasteiger partial charge in [-0.05, 0) is 20.5 Å². The first-order valence-electron chi connectivity index (χ1n) is 6.69. The molecule has 0 bridgehead atoms. The molecule has 1 aliphatic rings.